The second-order valence-electron chi connectivity index (χ2n) is 10.9. The monoisotopic (exact) mass is 536 g/mol. The Bertz CT molecular complexity index is 2460. The van der Waals surface area contributed by atoms with E-state index in [9.17, 15) is 0 Å². The summed E-state index contributed by atoms with van der Waals surface area (Å²) >= 11 is 0. The minimum Gasteiger partial charge on any atom is -0.456 e. The van der Waals surface area contributed by atoms with Gasteiger partial charge in [0, 0.05) is 21.5 Å². The van der Waals surface area contributed by atoms with Crippen LogP contribution in [0.3, 0.4) is 0 Å². The molecule has 0 fully saturated rings. The van der Waals surface area contributed by atoms with E-state index in [1.807, 2.05) is 24.3 Å². The van der Waals surface area contributed by atoms with Crippen LogP contribution in [0, 0.1) is 0 Å². The molecule has 0 amide bonds. The maximum atomic E-state index is 6.46. The molecule has 0 N–H and O–H groups in total. The van der Waals surface area contributed by atoms with Crippen LogP contribution in [0.1, 0.15) is 0 Å². The third kappa shape index (κ3) is 3.45. The molecule has 2 heterocycles. The van der Waals surface area contributed by atoms with Crippen molar-refractivity contribution in [3.05, 3.63) is 146 Å². The first-order valence-corrected chi connectivity index (χ1v) is 14.3. The van der Waals surface area contributed by atoms with Crippen molar-refractivity contribution < 1.29 is 8.83 Å². The van der Waals surface area contributed by atoms with Crippen LogP contribution >= 0.6 is 0 Å². The third-order valence-electron chi connectivity index (χ3n) is 8.49. The number of benzene rings is 7. The van der Waals surface area contributed by atoms with Gasteiger partial charge in [0.1, 0.15) is 22.3 Å². The molecule has 0 saturated heterocycles. The zero-order valence-corrected chi connectivity index (χ0v) is 22.7. The lowest BCUT2D eigenvalue weighted by Gasteiger charge is -2.13. The summed E-state index contributed by atoms with van der Waals surface area (Å²) in [7, 11) is 0. The van der Waals surface area contributed by atoms with Gasteiger partial charge in [0.2, 0.25) is 0 Å². The van der Waals surface area contributed by atoms with Gasteiger partial charge >= 0.3 is 0 Å². The standard InChI is InChI=1S/C40H24O2/c1-2-9-25(10-3-1)26-11-8-12-27(23-26)29-19-20-30(32-14-5-4-13-31(29)32)28-17-18-34-38(24-28)42-37-22-21-36-39(40(34)37)33-15-6-7-16-35(33)41-36/h1-24H. The first kappa shape index (κ1) is 23.1. The van der Waals surface area contributed by atoms with Gasteiger partial charge in [-0.2, -0.15) is 0 Å². The summed E-state index contributed by atoms with van der Waals surface area (Å²) in [5.74, 6) is 0. The minimum atomic E-state index is 0.875. The molecule has 0 atom stereocenters. The molecule has 42 heavy (non-hydrogen) atoms. The highest BCUT2D eigenvalue weighted by atomic mass is 16.3. The maximum Gasteiger partial charge on any atom is 0.136 e. The summed E-state index contributed by atoms with van der Waals surface area (Å²) in [6, 6.07) is 51.4. The molecule has 0 bridgehead atoms. The molecule has 0 aliphatic carbocycles. The van der Waals surface area contributed by atoms with E-state index in [1.54, 1.807) is 0 Å². The SMILES string of the molecule is c1ccc(-c2cccc(-c3ccc(-c4ccc5c(c4)oc4ccc6oc7ccccc7c6c45)c4ccccc34)c2)cc1. The topological polar surface area (TPSA) is 26.3 Å². The Morgan fingerprint density at radius 3 is 1.57 bits per heavy atom. The van der Waals surface area contributed by atoms with Gasteiger partial charge in [-0.05, 0) is 80.6 Å². The van der Waals surface area contributed by atoms with Crippen LogP contribution in [-0.2, 0) is 0 Å². The van der Waals surface area contributed by atoms with E-state index in [0.29, 0.717) is 0 Å². The number of rotatable bonds is 3. The third-order valence-corrected chi connectivity index (χ3v) is 8.49. The molecule has 2 aromatic heterocycles. The summed E-state index contributed by atoms with van der Waals surface area (Å²) in [6.07, 6.45) is 0. The molecule has 0 saturated carbocycles. The molecule has 0 radical (unpaired) electrons. The first-order valence-electron chi connectivity index (χ1n) is 14.3. The van der Waals surface area contributed by atoms with Gasteiger partial charge in [0.25, 0.3) is 0 Å². The number of para-hydroxylation sites is 1. The summed E-state index contributed by atoms with van der Waals surface area (Å²) in [4.78, 5) is 0. The van der Waals surface area contributed by atoms with Crippen LogP contribution < -0.4 is 0 Å². The van der Waals surface area contributed by atoms with Gasteiger partial charge < -0.3 is 8.83 Å². The lowest BCUT2D eigenvalue weighted by molar-refractivity contribution is 0.663. The second kappa shape index (κ2) is 8.95. The molecule has 0 spiro atoms. The summed E-state index contributed by atoms with van der Waals surface area (Å²) in [5.41, 5.74) is 10.7. The molecule has 9 rings (SSSR count). The normalized spacial score (nSPS) is 11.8. The van der Waals surface area contributed by atoms with Gasteiger partial charge in [-0.15, -0.1) is 0 Å². The van der Waals surface area contributed by atoms with Crippen LogP contribution in [0.4, 0.5) is 0 Å². The van der Waals surface area contributed by atoms with Crippen molar-refractivity contribution in [1.29, 1.82) is 0 Å². The average Bonchev–Trinajstić information content (AvgIpc) is 3.62. The van der Waals surface area contributed by atoms with Crippen molar-refractivity contribution in [2.75, 3.05) is 0 Å². The zero-order chi connectivity index (χ0) is 27.6. The lowest BCUT2D eigenvalue weighted by atomic mass is 9.91. The molecule has 9 aromatic rings. The van der Waals surface area contributed by atoms with Crippen molar-refractivity contribution in [3.8, 4) is 33.4 Å². The van der Waals surface area contributed by atoms with E-state index in [0.717, 1.165) is 49.4 Å². The van der Waals surface area contributed by atoms with E-state index < -0.39 is 0 Å². The largest absolute Gasteiger partial charge is 0.456 e. The van der Waals surface area contributed by atoms with E-state index in [-0.39, 0.29) is 0 Å². The van der Waals surface area contributed by atoms with Gasteiger partial charge in [-0.3, -0.25) is 0 Å². The van der Waals surface area contributed by atoms with Gasteiger partial charge in [0.15, 0.2) is 0 Å². The molecular weight excluding hydrogens is 512 g/mol. The lowest BCUT2D eigenvalue weighted by Crippen LogP contribution is -1.87. The summed E-state index contributed by atoms with van der Waals surface area (Å²) < 4.78 is 12.6. The van der Waals surface area contributed by atoms with E-state index in [1.165, 1.54) is 38.6 Å². The summed E-state index contributed by atoms with van der Waals surface area (Å²) in [6.45, 7) is 0. The highest BCUT2D eigenvalue weighted by molar-refractivity contribution is 6.26. The predicted octanol–water partition coefficient (Wildman–Crippen LogP) is 11.6. The molecule has 196 valence electrons. The fraction of sp³-hybridized carbons (Fsp3) is 0. The zero-order valence-electron chi connectivity index (χ0n) is 22.7. The first-order chi connectivity index (χ1) is 20.8. The summed E-state index contributed by atoms with van der Waals surface area (Å²) in [5, 5.41) is 6.89. The predicted molar refractivity (Wildman–Crippen MR) is 175 cm³/mol. The van der Waals surface area contributed by atoms with Crippen molar-refractivity contribution >= 4 is 54.6 Å². The van der Waals surface area contributed by atoms with Gasteiger partial charge in [-0.1, -0.05) is 109 Å². The van der Waals surface area contributed by atoms with Crippen molar-refractivity contribution in [3.63, 3.8) is 0 Å². The number of furan rings is 2. The smallest absolute Gasteiger partial charge is 0.136 e. The minimum absolute atomic E-state index is 0.875. The molecule has 2 heteroatoms. The highest BCUT2D eigenvalue weighted by Crippen LogP contribution is 2.42. The molecule has 2 nitrogen and oxygen atoms in total. The molecular formula is C40H24O2. The van der Waals surface area contributed by atoms with E-state index in [4.69, 9.17) is 8.83 Å². The molecule has 0 aliphatic heterocycles. The van der Waals surface area contributed by atoms with Crippen LogP contribution in [0.15, 0.2) is 154 Å². The molecule has 0 aliphatic rings. The van der Waals surface area contributed by atoms with Crippen LogP contribution in [0.25, 0.3) is 88.0 Å². The van der Waals surface area contributed by atoms with Crippen molar-refractivity contribution in [2.45, 2.75) is 0 Å². The Morgan fingerprint density at radius 1 is 0.286 bits per heavy atom. The fourth-order valence-corrected chi connectivity index (χ4v) is 6.55. The van der Waals surface area contributed by atoms with Gasteiger partial charge in [0.05, 0.1) is 0 Å². The van der Waals surface area contributed by atoms with Crippen LogP contribution in [0.2, 0.25) is 0 Å². The van der Waals surface area contributed by atoms with E-state index in [2.05, 4.69) is 121 Å². The Hall–Kier alpha value is -5.60. The Morgan fingerprint density at radius 2 is 0.833 bits per heavy atom. The highest BCUT2D eigenvalue weighted by Gasteiger charge is 2.17. The number of hydrogen-bond donors (Lipinski definition) is 0. The van der Waals surface area contributed by atoms with Crippen molar-refractivity contribution in [1.82, 2.24) is 0 Å². The molecule has 0 unspecified atom stereocenters. The Balaban J connectivity index is 1.21. The number of fused-ring (bicyclic) bond motifs is 8. The average molecular weight is 537 g/mol. The van der Waals surface area contributed by atoms with Crippen molar-refractivity contribution in [2.24, 2.45) is 0 Å². The van der Waals surface area contributed by atoms with E-state index >= 15 is 0 Å². The molecule has 7 aromatic carbocycles. The quantitative estimate of drug-likeness (QED) is 0.224. The Kier molecular flexibility index (Phi) is 4.93. The van der Waals surface area contributed by atoms with Crippen LogP contribution in [-0.4, -0.2) is 0 Å². The number of hydrogen-bond acceptors (Lipinski definition) is 2. The van der Waals surface area contributed by atoms with Crippen LogP contribution in [0.5, 0.6) is 0 Å². The Labute approximate surface area is 242 Å². The second-order valence-corrected chi connectivity index (χ2v) is 10.9. The fourth-order valence-electron chi connectivity index (χ4n) is 6.55. The van der Waals surface area contributed by atoms with Gasteiger partial charge in [-0.25, -0.2) is 0 Å². The maximum absolute atomic E-state index is 6.46.